The topological polar surface area (TPSA) is 47.6 Å². The highest BCUT2D eigenvalue weighted by molar-refractivity contribution is 9.09. The highest BCUT2D eigenvalue weighted by Gasteiger charge is 1.96. The third-order valence-corrected chi connectivity index (χ3v) is 3.01. The molecule has 0 aliphatic heterocycles. The largest absolute Gasteiger partial charge is 0.379 e. The number of ether oxygens (including phenoxy) is 2. The van der Waals surface area contributed by atoms with Gasteiger partial charge in [0.2, 0.25) is 5.91 Å². The number of rotatable bonds is 13. The lowest BCUT2D eigenvalue weighted by Gasteiger charge is -2.06. The van der Waals surface area contributed by atoms with Gasteiger partial charge < -0.3 is 14.8 Å². The van der Waals surface area contributed by atoms with Crippen LogP contribution >= 0.6 is 27.5 Å². The number of unbranched alkanes of at least 4 members (excludes halogenated alkanes) is 3. The smallest absolute Gasteiger partial charge is 0.230 e. The number of hydrogen-bond acceptors (Lipinski definition) is 3. The van der Waals surface area contributed by atoms with E-state index in [-0.39, 0.29) is 5.91 Å². The van der Waals surface area contributed by atoms with Crippen LogP contribution in [0.25, 0.3) is 0 Å². The summed E-state index contributed by atoms with van der Waals surface area (Å²) in [5.41, 5.74) is 0. The average Bonchev–Trinajstić information content (AvgIpc) is 2.39. The summed E-state index contributed by atoms with van der Waals surface area (Å²) in [5.74, 6) is 0.729. The number of carbonyl (C=O) groups excluding carboxylic acids is 1. The average molecular weight is 345 g/mol. The Kier molecular flexibility index (Phi) is 15.4. The number of carbonyl (C=O) groups is 1. The second-order valence-corrected chi connectivity index (χ2v) is 4.75. The first kappa shape index (κ1) is 18.2. The first-order valence-corrected chi connectivity index (χ1v) is 8.01. The van der Waals surface area contributed by atoms with Gasteiger partial charge in [0.1, 0.15) is 0 Å². The predicted molar refractivity (Wildman–Crippen MR) is 77.6 cm³/mol. The first-order chi connectivity index (χ1) is 8.81. The van der Waals surface area contributed by atoms with Gasteiger partial charge in [-0.15, -0.1) is 11.6 Å². The summed E-state index contributed by atoms with van der Waals surface area (Å²) in [4.78, 5) is 10.8. The second kappa shape index (κ2) is 15.2. The zero-order valence-corrected chi connectivity index (χ0v) is 13.1. The van der Waals surface area contributed by atoms with Crippen molar-refractivity contribution in [2.24, 2.45) is 0 Å². The number of amides is 1. The molecule has 18 heavy (non-hydrogen) atoms. The predicted octanol–water partition coefficient (Wildman–Crippen LogP) is 2.33. The van der Waals surface area contributed by atoms with E-state index in [1.54, 1.807) is 0 Å². The van der Waals surface area contributed by atoms with E-state index in [2.05, 4.69) is 21.2 Å². The molecule has 0 spiro atoms. The monoisotopic (exact) mass is 343 g/mol. The summed E-state index contributed by atoms with van der Waals surface area (Å²) in [6.07, 6.45) is 4.52. The Labute approximate surface area is 123 Å². The van der Waals surface area contributed by atoms with E-state index in [9.17, 15) is 4.79 Å². The van der Waals surface area contributed by atoms with Crippen molar-refractivity contribution in [3.63, 3.8) is 0 Å². The van der Waals surface area contributed by atoms with Crippen LogP contribution < -0.4 is 5.32 Å². The van der Waals surface area contributed by atoms with Gasteiger partial charge >= 0.3 is 0 Å². The van der Waals surface area contributed by atoms with Gasteiger partial charge in [0.25, 0.3) is 0 Å². The van der Waals surface area contributed by atoms with Gasteiger partial charge in [-0.2, -0.15) is 0 Å². The van der Waals surface area contributed by atoms with Crippen molar-refractivity contribution in [1.29, 1.82) is 0 Å². The zero-order valence-electron chi connectivity index (χ0n) is 10.8. The molecule has 0 saturated carbocycles. The van der Waals surface area contributed by atoms with Crippen LogP contribution in [-0.4, -0.2) is 50.1 Å². The van der Waals surface area contributed by atoms with E-state index in [0.29, 0.717) is 31.7 Å². The third-order valence-electron chi connectivity index (χ3n) is 2.23. The molecule has 0 atom stereocenters. The zero-order chi connectivity index (χ0) is 13.5. The molecule has 6 heteroatoms. The summed E-state index contributed by atoms with van der Waals surface area (Å²) < 4.78 is 10.7. The highest BCUT2D eigenvalue weighted by Crippen LogP contribution is 2.00. The van der Waals surface area contributed by atoms with E-state index >= 15 is 0 Å². The van der Waals surface area contributed by atoms with Crippen molar-refractivity contribution in [1.82, 2.24) is 5.32 Å². The Hall–Kier alpha value is 0.160. The fraction of sp³-hybridized carbons (Fsp3) is 0.917. The van der Waals surface area contributed by atoms with Crippen LogP contribution in [0.15, 0.2) is 0 Å². The van der Waals surface area contributed by atoms with Gasteiger partial charge in [-0.1, -0.05) is 28.8 Å². The molecule has 0 rings (SSSR count). The fourth-order valence-electron chi connectivity index (χ4n) is 1.28. The molecule has 0 saturated heterocycles. The molecular weight excluding hydrogens is 321 g/mol. The SMILES string of the molecule is O=C(CBr)NCCOCCOCCCCCCCl. The van der Waals surface area contributed by atoms with Crippen LogP contribution in [0.2, 0.25) is 0 Å². The van der Waals surface area contributed by atoms with E-state index in [1.165, 1.54) is 12.8 Å². The Morgan fingerprint density at radius 1 is 1.00 bits per heavy atom. The quantitative estimate of drug-likeness (QED) is 0.412. The molecule has 0 aromatic heterocycles. The number of hydrogen-bond donors (Lipinski definition) is 1. The molecule has 0 radical (unpaired) electrons. The van der Waals surface area contributed by atoms with Crippen LogP contribution in [0, 0.1) is 0 Å². The van der Waals surface area contributed by atoms with Crippen molar-refractivity contribution in [2.75, 3.05) is 44.2 Å². The van der Waals surface area contributed by atoms with Gasteiger partial charge in [0, 0.05) is 19.0 Å². The van der Waals surface area contributed by atoms with Gasteiger partial charge in [-0.05, 0) is 12.8 Å². The van der Waals surface area contributed by atoms with Gasteiger partial charge in [0.05, 0.1) is 25.2 Å². The molecule has 0 unspecified atom stereocenters. The van der Waals surface area contributed by atoms with Crippen LogP contribution in [-0.2, 0) is 14.3 Å². The molecule has 0 aromatic carbocycles. The summed E-state index contributed by atoms with van der Waals surface area (Å²) in [7, 11) is 0. The fourth-order valence-corrected chi connectivity index (χ4v) is 1.67. The van der Waals surface area contributed by atoms with Gasteiger partial charge in [-0.25, -0.2) is 0 Å². The Morgan fingerprint density at radius 3 is 2.33 bits per heavy atom. The lowest BCUT2D eigenvalue weighted by Crippen LogP contribution is -2.28. The summed E-state index contributed by atoms with van der Waals surface area (Å²) >= 11 is 8.64. The lowest BCUT2D eigenvalue weighted by molar-refractivity contribution is -0.118. The molecule has 0 heterocycles. The van der Waals surface area contributed by atoms with Crippen LogP contribution in [0.3, 0.4) is 0 Å². The molecule has 4 nitrogen and oxygen atoms in total. The minimum atomic E-state index is -0.0215. The van der Waals surface area contributed by atoms with Crippen molar-refractivity contribution < 1.29 is 14.3 Å². The van der Waals surface area contributed by atoms with Gasteiger partial charge in [0.15, 0.2) is 0 Å². The van der Waals surface area contributed by atoms with Gasteiger partial charge in [-0.3, -0.25) is 4.79 Å². The molecule has 0 aliphatic rings. The Bertz CT molecular complexity index is 196. The summed E-state index contributed by atoms with van der Waals surface area (Å²) in [6.45, 7) is 3.04. The van der Waals surface area contributed by atoms with E-state index in [1.807, 2.05) is 0 Å². The molecule has 0 aliphatic carbocycles. The maximum absolute atomic E-state index is 10.8. The van der Waals surface area contributed by atoms with Crippen molar-refractivity contribution in [2.45, 2.75) is 25.7 Å². The minimum Gasteiger partial charge on any atom is -0.379 e. The van der Waals surface area contributed by atoms with Crippen LogP contribution in [0.5, 0.6) is 0 Å². The summed E-state index contributed by atoms with van der Waals surface area (Å²) in [6, 6.07) is 0. The Morgan fingerprint density at radius 2 is 1.67 bits per heavy atom. The third kappa shape index (κ3) is 14.2. The number of alkyl halides is 2. The Balaban J connectivity index is 2.97. The molecule has 1 amide bonds. The molecular formula is C12H23BrClNO3. The lowest BCUT2D eigenvalue weighted by atomic mass is 10.2. The first-order valence-electron chi connectivity index (χ1n) is 6.35. The molecule has 0 fully saturated rings. The second-order valence-electron chi connectivity index (χ2n) is 3.81. The molecule has 0 bridgehead atoms. The molecule has 108 valence electrons. The molecule has 1 N–H and O–H groups in total. The number of halogens is 2. The summed E-state index contributed by atoms with van der Waals surface area (Å²) in [5, 5.41) is 3.03. The highest BCUT2D eigenvalue weighted by atomic mass is 79.9. The van der Waals surface area contributed by atoms with E-state index in [4.69, 9.17) is 21.1 Å². The van der Waals surface area contributed by atoms with Crippen molar-refractivity contribution >= 4 is 33.4 Å². The maximum atomic E-state index is 10.8. The minimum absolute atomic E-state index is 0.0215. The molecule has 0 aromatic rings. The normalized spacial score (nSPS) is 10.6. The van der Waals surface area contributed by atoms with Crippen LogP contribution in [0.4, 0.5) is 0 Å². The van der Waals surface area contributed by atoms with Crippen molar-refractivity contribution in [3.8, 4) is 0 Å². The number of nitrogens with one attached hydrogen (secondary N) is 1. The van der Waals surface area contributed by atoms with E-state index in [0.717, 1.165) is 25.3 Å². The van der Waals surface area contributed by atoms with Crippen LogP contribution in [0.1, 0.15) is 25.7 Å². The standard InChI is InChI=1S/C12H23BrClNO3/c13-11-12(16)15-6-8-18-10-9-17-7-4-2-1-3-5-14/h1-11H2,(H,15,16). The van der Waals surface area contributed by atoms with E-state index < -0.39 is 0 Å². The maximum Gasteiger partial charge on any atom is 0.230 e. The van der Waals surface area contributed by atoms with Crippen molar-refractivity contribution in [3.05, 3.63) is 0 Å².